The molecule has 1 aliphatic carbocycles. The van der Waals surface area contributed by atoms with E-state index in [0.29, 0.717) is 6.04 Å². The van der Waals surface area contributed by atoms with Gasteiger partial charge in [0.15, 0.2) is 5.13 Å². The van der Waals surface area contributed by atoms with E-state index < -0.39 is 0 Å². The lowest BCUT2D eigenvalue weighted by molar-refractivity contribution is 0.0936. The van der Waals surface area contributed by atoms with E-state index in [1.807, 2.05) is 19.1 Å². The van der Waals surface area contributed by atoms with Crippen molar-refractivity contribution in [1.82, 2.24) is 10.3 Å². The van der Waals surface area contributed by atoms with Gasteiger partial charge in [0.2, 0.25) is 0 Å². The summed E-state index contributed by atoms with van der Waals surface area (Å²) in [5.74, 6) is 0.0266. The SMILES string of the molecule is CCc1ccccc1Nc1nc(C)c(C(=O)NC2CCCCCC2)s1. The normalized spacial score (nSPS) is 15.6. The number of carbonyl (C=O) groups excluding carboxylic acids is 1. The van der Waals surface area contributed by atoms with Crippen LogP contribution in [0.15, 0.2) is 24.3 Å². The molecular weight excluding hydrogens is 330 g/mol. The molecule has 0 saturated heterocycles. The maximum Gasteiger partial charge on any atom is 0.263 e. The van der Waals surface area contributed by atoms with Crippen LogP contribution in [0.3, 0.4) is 0 Å². The van der Waals surface area contributed by atoms with E-state index in [2.05, 4.69) is 34.7 Å². The third kappa shape index (κ3) is 4.60. The maximum atomic E-state index is 12.7. The van der Waals surface area contributed by atoms with Crippen molar-refractivity contribution in [2.45, 2.75) is 64.8 Å². The largest absolute Gasteiger partial charge is 0.349 e. The van der Waals surface area contributed by atoms with Gasteiger partial charge in [-0.05, 0) is 37.8 Å². The van der Waals surface area contributed by atoms with Crippen molar-refractivity contribution >= 4 is 28.1 Å². The molecule has 1 aromatic carbocycles. The number of aromatic nitrogens is 1. The minimum absolute atomic E-state index is 0.0266. The number of rotatable bonds is 5. The number of aryl methyl sites for hydroxylation is 2. The Morgan fingerprint density at radius 1 is 1.20 bits per heavy atom. The van der Waals surface area contributed by atoms with Crippen molar-refractivity contribution < 1.29 is 4.79 Å². The van der Waals surface area contributed by atoms with Crippen molar-refractivity contribution in [2.24, 2.45) is 0 Å². The van der Waals surface area contributed by atoms with E-state index in [1.165, 1.54) is 42.6 Å². The molecule has 2 aromatic rings. The summed E-state index contributed by atoms with van der Waals surface area (Å²) in [7, 11) is 0. The van der Waals surface area contributed by atoms with Crippen molar-refractivity contribution in [1.29, 1.82) is 0 Å². The molecule has 0 spiro atoms. The highest BCUT2D eigenvalue weighted by Gasteiger charge is 2.20. The lowest BCUT2D eigenvalue weighted by Crippen LogP contribution is -2.34. The summed E-state index contributed by atoms with van der Waals surface area (Å²) >= 11 is 1.44. The molecule has 1 fully saturated rings. The first-order chi connectivity index (χ1) is 12.2. The quantitative estimate of drug-likeness (QED) is 0.722. The van der Waals surface area contributed by atoms with Crippen LogP contribution in [0.4, 0.5) is 10.8 Å². The zero-order valence-electron chi connectivity index (χ0n) is 15.1. The number of nitrogens with one attached hydrogen (secondary N) is 2. The molecule has 0 aliphatic heterocycles. The van der Waals surface area contributed by atoms with Crippen LogP contribution < -0.4 is 10.6 Å². The zero-order valence-corrected chi connectivity index (χ0v) is 15.9. The van der Waals surface area contributed by atoms with Crippen LogP contribution in [-0.4, -0.2) is 16.9 Å². The van der Waals surface area contributed by atoms with Crippen LogP contribution in [-0.2, 0) is 6.42 Å². The minimum Gasteiger partial charge on any atom is -0.349 e. The molecule has 1 aromatic heterocycles. The summed E-state index contributed by atoms with van der Waals surface area (Å²) < 4.78 is 0. The fraction of sp³-hybridized carbons (Fsp3) is 0.500. The molecule has 1 heterocycles. The highest BCUT2D eigenvalue weighted by atomic mass is 32.1. The Labute approximate surface area is 154 Å². The van der Waals surface area contributed by atoms with E-state index >= 15 is 0 Å². The number of benzene rings is 1. The Morgan fingerprint density at radius 3 is 2.64 bits per heavy atom. The van der Waals surface area contributed by atoms with Gasteiger partial charge >= 0.3 is 0 Å². The van der Waals surface area contributed by atoms with Crippen molar-refractivity contribution in [3.05, 3.63) is 40.4 Å². The van der Waals surface area contributed by atoms with Gasteiger partial charge in [0, 0.05) is 11.7 Å². The number of para-hydroxylation sites is 1. The fourth-order valence-electron chi connectivity index (χ4n) is 3.40. The third-order valence-corrected chi connectivity index (χ3v) is 5.90. The smallest absolute Gasteiger partial charge is 0.263 e. The maximum absolute atomic E-state index is 12.7. The molecule has 0 radical (unpaired) electrons. The Kier molecular flexibility index (Phi) is 6.08. The van der Waals surface area contributed by atoms with Crippen LogP contribution in [0.2, 0.25) is 0 Å². The molecule has 2 N–H and O–H groups in total. The predicted octanol–water partition coefficient (Wildman–Crippen LogP) is 5.21. The van der Waals surface area contributed by atoms with Gasteiger partial charge in [-0.25, -0.2) is 4.98 Å². The number of nitrogens with zero attached hydrogens (tertiary/aromatic N) is 1. The Bertz CT molecular complexity index is 717. The number of hydrogen-bond acceptors (Lipinski definition) is 4. The van der Waals surface area contributed by atoms with Crippen LogP contribution in [0.5, 0.6) is 0 Å². The average molecular weight is 358 g/mol. The first-order valence-electron chi connectivity index (χ1n) is 9.30. The predicted molar refractivity (Wildman–Crippen MR) is 105 cm³/mol. The Morgan fingerprint density at radius 2 is 1.92 bits per heavy atom. The van der Waals surface area contributed by atoms with Crippen LogP contribution >= 0.6 is 11.3 Å². The Hall–Kier alpha value is -1.88. The van der Waals surface area contributed by atoms with Gasteiger partial charge in [0.25, 0.3) is 5.91 Å². The lowest BCUT2D eigenvalue weighted by Gasteiger charge is -2.15. The number of hydrogen-bond donors (Lipinski definition) is 2. The van der Waals surface area contributed by atoms with E-state index in [9.17, 15) is 4.79 Å². The number of amides is 1. The molecule has 3 rings (SSSR count). The van der Waals surface area contributed by atoms with Gasteiger partial charge in [-0.2, -0.15) is 0 Å². The summed E-state index contributed by atoms with van der Waals surface area (Å²) in [5.41, 5.74) is 3.11. The van der Waals surface area contributed by atoms with Crippen LogP contribution in [0.1, 0.15) is 66.4 Å². The molecule has 1 aliphatic rings. The molecule has 1 saturated carbocycles. The second-order valence-corrected chi connectivity index (χ2v) is 7.73. The standard InChI is InChI=1S/C20H27N3OS/c1-3-15-10-8-9-13-17(15)23-20-21-14(2)18(25-20)19(24)22-16-11-6-4-5-7-12-16/h8-10,13,16H,3-7,11-12H2,1-2H3,(H,21,23)(H,22,24). The topological polar surface area (TPSA) is 54.0 Å². The molecule has 0 unspecified atom stereocenters. The number of anilines is 2. The van der Waals surface area contributed by atoms with E-state index in [-0.39, 0.29) is 5.91 Å². The minimum atomic E-state index is 0.0266. The van der Waals surface area contributed by atoms with Gasteiger partial charge in [0.05, 0.1) is 5.69 Å². The molecule has 134 valence electrons. The first kappa shape index (κ1) is 17.9. The summed E-state index contributed by atoms with van der Waals surface area (Å²) in [5, 5.41) is 7.38. The summed E-state index contributed by atoms with van der Waals surface area (Å²) in [6.07, 6.45) is 8.16. The Balaban J connectivity index is 1.70. The second-order valence-electron chi connectivity index (χ2n) is 6.73. The average Bonchev–Trinajstić information content (AvgIpc) is 2.81. The lowest BCUT2D eigenvalue weighted by atomic mass is 10.1. The molecule has 0 atom stereocenters. The molecular formula is C20H27N3OS. The highest BCUT2D eigenvalue weighted by molar-refractivity contribution is 7.17. The van der Waals surface area contributed by atoms with Crippen molar-refractivity contribution in [2.75, 3.05) is 5.32 Å². The molecule has 1 amide bonds. The first-order valence-corrected chi connectivity index (χ1v) is 10.1. The van der Waals surface area contributed by atoms with E-state index in [1.54, 1.807) is 0 Å². The second kappa shape index (κ2) is 8.48. The van der Waals surface area contributed by atoms with Crippen molar-refractivity contribution in [3.63, 3.8) is 0 Å². The van der Waals surface area contributed by atoms with Crippen molar-refractivity contribution in [3.8, 4) is 0 Å². The van der Waals surface area contributed by atoms with Gasteiger partial charge in [-0.1, -0.05) is 62.1 Å². The summed E-state index contributed by atoms with van der Waals surface area (Å²) in [4.78, 5) is 17.9. The number of thiazole rings is 1. The monoisotopic (exact) mass is 357 g/mol. The fourth-order valence-corrected chi connectivity index (χ4v) is 4.28. The third-order valence-electron chi connectivity index (χ3n) is 4.83. The highest BCUT2D eigenvalue weighted by Crippen LogP contribution is 2.28. The molecule has 5 heteroatoms. The molecule has 25 heavy (non-hydrogen) atoms. The molecule has 4 nitrogen and oxygen atoms in total. The van der Waals surface area contributed by atoms with E-state index in [4.69, 9.17) is 0 Å². The zero-order chi connectivity index (χ0) is 17.6. The van der Waals surface area contributed by atoms with E-state index in [0.717, 1.165) is 40.7 Å². The van der Waals surface area contributed by atoms with Gasteiger partial charge in [-0.15, -0.1) is 0 Å². The molecule has 0 bridgehead atoms. The van der Waals surface area contributed by atoms with Crippen LogP contribution in [0.25, 0.3) is 0 Å². The van der Waals surface area contributed by atoms with Gasteiger partial charge in [0.1, 0.15) is 4.88 Å². The van der Waals surface area contributed by atoms with Gasteiger partial charge < -0.3 is 10.6 Å². The summed E-state index contributed by atoms with van der Waals surface area (Å²) in [6.45, 7) is 4.05. The van der Waals surface area contributed by atoms with Crippen LogP contribution in [0, 0.1) is 6.92 Å². The number of carbonyl (C=O) groups is 1. The van der Waals surface area contributed by atoms with Gasteiger partial charge in [-0.3, -0.25) is 4.79 Å². The summed E-state index contributed by atoms with van der Waals surface area (Å²) in [6, 6.07) is 8.54.